The summed E-state index contributed by atoms with van der Waals surface area (Å²) in [5, 5.41) is 4.08. The van der Waals surface area contributed by atoms with Gasteiger partial charge in [0.25, 0.3) is 5.91 Å². The van der Waals surface area contributed by atoms with Crippen LogP contribution in [0.25, 0.3) is 11.4 Å². The molecule has 1 aliphatic heterocycles. The van der Waals surface area contributed by atoms with Crippen LogP contribution in [0.15, 0.2) is 53.1 Å². The predicted molar refractivity (Wildman–Crippen MR) is 120 cm³/mol. The van der Waals surface area contributed by atoms with Gasteiger partial charge in [-0.05, 0) is 38.1 Å². The molecule has 1 saturated heterocycles. The number of carbonyl (C=O) groups is 2. The summed E-state index contributed by atoms with van der Waals surface area (Å²) in [6.07, 6.45) is 1.63. The summed E-state index contributed by atoms with van der Waals surface area (Å²) in [5.41, 5.74) is 8.31. The molecule has 1 fully saturated rings. The van der Waals surface area contributed by atoms with E-state index in [1.54, 1.807) is 24.3 Å². The van der Waals surface area contributed by atoms with Crippen LogP contribution in [0.4, 0.5) is 0 Å². The van der Waals surface area contributed by atoms with Crippen molar-refractivity contribution in [3.05, 3.63) is 71.1 Å². The number of amides is 2. The molecule has 4 rings (SSSR count). The van der Waals surface area contributed by atoms with Gasteiger partial charge >= 0.3 is 0 Å². The molecule has 8 heteroatoms. The first kappa shape index (κ1) is 21.7. The Balaban J connectivity index is 1.23. The maximum atomic E-state index is 12.7. The first-order valence-corrected chi connectivity index (χ1v) is 10.8. The van der Waals surface area contributed by atoms with E-state index in [1.807, 2.05) is 36.1 Å². The number of rotatable bonds is 7. The van der Waals surface area contributed by atoms with E-state index < -0.39 is 5.91 Å². The standard InChI is InChI=1S/C24H27N5O3/c1-17-7-9-18(10-8-17)23-26-21(32-27-23)6-3-11-28-12-14-29(15-13-28)24(31)20-5-2-4-19(16-20)22(25)30/h2,4-5,7-10,16H,3,6,11-15H2,1H3,(H2,25,30). The smallest absolute Gasteiger partial charge is 0.253 e. The molecule has 1 aromatic heterocycles. The fourth-order valence-electron chi connectivity index (χ4n) is 3.79. The van der Waals surface area contributed by atoms with Crippen molar-refractivity contribution in [2.75, 3.05) is 32.7 Å². The second kappa shape index (κ2) is 9.74. The third kappa shape index (κ3) is 5.20. The van der Waals surface area contributed by atoms with E-state index in [0.717, 1.165) is 38.0 Å². The lowest BCUT2D eigenvalue weighted by molar-refractivity contribution is 0.0635. The molecule has 1 aliphatic rings. The number of hydrogen-bond acceptors (Lipinski definition) is 6. The SMILES string of the molecule is Cc1ccc(-c2noc(CCCN3CCN(C(=O)c4cccc(C(N)=O)c4)CC3)n2)cc1. The van der Waals surface area contributed by atoms with Gasteiger partial charge in [-0.1, -0.05) is 41.1 Å². The zero-order valence-electron chi connectivity index (χ0n) is 18.2. The van der Waals surface area contributed by atoms with Crippen molar-refractivity contribution in [3.8, 4) is 11.4 Å². The average molecular weight is 434 g/mol. The molecule has 0 unspecified atom stereocenters. The first-order valence-electron chi connectivity index (χ1n) is 10.8. The molecule has 2 N–H and O–H groups in total. The minimum atomic E-state index is -0.531. The van der Waals surface area contributed by atoms with Crippen molar-refractivity contribution < 1.29 is 14.1 Å². The van der Waals surface area contributed by atoms with Crippen LogP contribution in [0.1, 0.15) is 38.6 Å². The highest BCUT2D eigenvalue weighted by Gasteiger charge is 2.22. The van der Waals surface area contributed by atoms with Crippen LogP contribution in [0, 0.1) is 6.92 Å². The van der Waals surface area contributed by atoms with Gasteiger partial charge in [0, 0.05) is 49.3 Å². The van der Waals surface area contributed by atoms with Gasteiger partial charge in [0.05, 0.1) is 0 Å². The quantitative estimate of drug-likeness (QED) is 0.614. The number of nitrogens with two attached hydrogens (primary N) is 1. The number of aryl methyl sites for hydroxylation is 2. The molecule has 3 aromatic rings. The minimum absolute atomic E-state index is 0.0674. The molecule has 0 spiro atoms. The molecule has 0 aliphatic carbocycles. The van der Waals surface area contributed by atoms with E-state index >= 15 is 0 Å². The predicted octanol–water partition coefficient (Wildman–Crippen LogP) is 2.53. The van der Waals surface area contributed by atoms with Crippen molar-refractivity contribution in [2.45, 2.75) is 19.8 Å². The van der Waals surface area contributed by atoms with Crippen molar-refractivity contribution in [2.24, 2.45) is 5.73 Å². The second-order valence-electron chi connectivity index (χ2n) is 8.06. The van der Waals surface area contributed by atoms with Crippen LogP contribution in [-0.2, 0) is 6.42 Å². The van der Waals surface area contributed by atoms with Gasteiger partial charge in [0.1, 0.15) is 0 Å². The zero-order valence-corrected chi connectivity index (χ0v) is 18.2. The van der Waals surface area contributed by atoms with E-state index in [2.05, 4.69) is 15.0 Å². The normalized spacial score (nSPS) is 14.5. The minimum Gasteiger partial charge on any atom is -0.366 e. The zero-order chi connectivity index (χ0) is 22.5. The molecule has 0 radical (unpaired) electrons. The Labute approximate surface area is 187 Å². The Bertz CT molecular complexity index is 1090. The van der Waals surface area contributed by atoms with Gasteiger partial charge in [-0.2, -0.15) is 4.98 Å². The van der Waals surface area contributed by atoms with Gasteiger partial charge < -0.3 is 15.2 Å². The highest BCUT2D eigenvalue weighted by Crippen LogP contribution is 2.17. The van der Waals surface area contributed by atoms with E-state index in [-0.39, 0.29) is 5.91 Å². The number of piperazine rings is 1. The summed E-state index contributed by atoms with van der Waals surface area (Å²) >= 11 is 0. The van der Waals surface area contributed by atoms with Crippen molar-refractivity contribution in [1.29, 1.82) is 0 Å². The van der Waals surface area contributed by atoms with E-state index in [9.17, 15) is 9.59 Å². The Kier molecular flexibility index (Phi) is 6.61. The number of nitrogens with zero attached hydrogens (tertiary/aromatic N) is 4. The first-order chi connectivity index (χ1) is 15.5. The summed E-state index contributed by atoms with van der Waals surface area (Å²) in [6, 6.07) is 14.6. The highest BCUT2D eigenvalue weighted by atomic mass is 16.5. The molecule has 2 amide bonds. The van der Waals surface area contributed by atoms with Crippen molar-refractivity contribution >= 4 is 11.8 Å². The molecule has 2 aromatic carbocycles. The van der Waals surface area contributed by atoms with Gasteiger partial charge in [-0.3, -0.25) is 14.5 Å². The molecule has 0 bridgehead atoms. The molecular weight excluding hydrogens is 406 g/mol. The fourth-order valence-corrected chi connectivity index (χ4v) is 3.79. The van der Waals surface area contributed by atoms with Crippen LogP contribution >= 0.6 is 0 Å². The maximum absolute atomic E-state index is 12.7. The van der Waals surface area contributed by atoms with Crippen molar-refractivity contribution in [3.63, 3.8) is 0 Å². The summed E-state index contributed by atoms with van der Waals surface area (Å²) < 4.78 is 5.40. The van der Waals surface area contributed by atoms with Crippen LogP contribution in [0.3, 0.4) is 0 Å². The number of carbonyl (C=O) groups excluding carboxylic acids is 2. The molecule has 0 atom stereocenters. The average Bonchev–Trinajstić information content (AvgIpc) is 3.28. The Morgan fingerprint density at radius 2 is 1.75 bits per heavy atom. The lowest BCUT2D eigenvalue weighted by Crippen LogP contribution is -2.48. The molecule has 2 heterocycles. The molecular formula is C24H27N5O3. The summed E-state index contributed by atoms with van der Waals surface area (Å²) in [7, 11) is 0. The van der Waals surface area contributed by atoms with Crippen LogP contribution < -0.4 is 5.73 Å². The Morgan fingerprint density at radius 1 is 1.03 bits per heavy atom. The summed E-state index contributed by atoms with van der Waals surface area (Å²) in [6.45, 7) is 5.86. The van der Waals surface area contributed by atoms with Crippen LogP contribution in [0.2, 0.25) is 0 Å². The van der Waals surface area contributed by atoms with Crippen LogP contribution in [0.5, 0.6) is 0 Å². The summed E-state index contributed by atoms with van der Waals surface area (Å²) in [4.78, 5) is 32.8. The molecule has 8 nitrogen and oxygen atoms in total. The fraction of sp³-hybridized carbons (Fsp3) is 0.333. The number of hydrogen-bond donors (Lipinski definition) is 1. The molecule has 166 valence electrons. The topological polar surface area (TPSA) is 106 Å². The highest BCUT2D eigenvalue weighted by molar-refractivity contribution is 5.99. The Morgan fingerprint density at radius 3 is 2.47 bits per heavy atom. The maximum Gasteiger partial charge on any atom is 0.253 e. The lowest BCUT2D eigenvalue weighted by Gasteiger charge is -2.34. The Hall–Kier alpha value is -3.52. The van der Waals surface area contributed by atoms with Gasteiger partial charge in [0.2, 0.25) is 17.6 Å². The third-order valence-electron chi connectivity index (χ3n) is 5.70. The lowest BCUT2D eigenvalue weighted by atomic mass is 10.1. The summed E-state index contributed by atoms with van der Waals surface area (Å²) in [5.74, 6) is 0.662. The molecule has 0 saturated carbocycles. The van der Waals surface area contributed by atoms with E-state index in [1.165, 1.54) is 5.56 Å². The monoisotopic (exact) mass is 433 g/mol. The van der Waals surface area contributed by atoms with E-state index in [4.69, 9.17) is 10.3 Å². The second-order valence-corrected chi connectivity index (χ2v) is 8.06. The number of primary amides is 1. The van der Waals surface area contributed by atoms with Crippen LogP contribution in [-0.4, -0.2) is 64.5 Å². The van der Waals surface area contributed by atoms with Gasteiger partial charge in [-0.25, -0.2) is 0 Å². The largest absolute Gasteiger partial charge is 0.366 e. The molecule has 32 heavy (non-hydrogen) atoms. The number of aromatic nitrogens is 2. The van der Waals surface area contributed by atoms with Crippen molar-refractivity contribution in [1.82, 2.24) is 19.9 Å². The van der Waals surface area contributed by atoms with Gasteiger partial charge in [-0.15, -0.1) is 0 Å². The number of benzene rings is 2. The van der Waals surface area contributed by atoms with Gasteiger partial charge in [0.15, 0.2) is 0 Å². The third-order valence-corrected chi connectivity index (χ3v) is 5.70. The van der Waals surface area contributed by atoms with E-state index in [0.29, 0.717) is 35.9 Å².